The van der Waals surface area contributed by atoms with Crippen molar-refractivity contribution in [2.75, 3.05) is 5.73 Å². The predicted octanol–water partition coefficient (Wildman–Crippen LogP) is 2.93. The van der Waals surface area contributed by atoms with E-state index in [1.165, 1.54) is 16.8 Å². The lowest BCUT2D eigenvalue weighted by molar-refractivity contribution is -0.0964. The molecule has 2 rings (SSSR count). The first-order valence-corrected chi connectivity index (χ1v) is 5.41. The van der Waals surface area contributed by atoms with Gasteiger partial charge in [-0.2, -0.15) is 5.10 Å². The molecular formula is C11H10ClF2N3O. The molecule has 4 nitrogen and oxygen atoms in total. The monoisotopic (exact) mass is 273 g/mol. The number of nitrogen functional groups attached to an aromatic ring is 1. The molecule has 0 aliphatic heterocycles. The third-order valence-electron chi connectivity index (χ3n) is 2.17. The van der Waals surface area contributed by atoms with E-state index >= 15 is 0 Å². The molecule has 0 radical (unpaired) electrons. The van der Waals surface area contributed by atoms with Crippen LogP contribution in [-0.4, -0.2) is 15.3 Å². The number of aromatic nitrogens is 2. The van der Waals surface area contributed by atoms with E-state index in [4.69, 9.17) is 5.73 Å². The number of halogens is 3. The Morgan fingerprint density at radius 2 is 1.94 bits per heavy atom. The van der Waals surface area contributed by atoms with Gasteiger partial charge >= 0.3 is 5.57 Å². The van der Waals surface area contributed by atoms with Crippen molar-refractivity contribution in [1.29, 1.82) is 0 Å². The molecule has 0 spiro atoms. The van der Waals surface area contributed by atoms with E-state index in [0.717, 1.165) is 5.69 Å². The van der Waals surface area contributed by atoms with Crippen LogP contribution in [0.3, 0.4) is 0 Å². The number of hydrogen-bond acceptors (Lipinski definition) is 3. The summed E-state index contributed by atoms with van der Waals surface area (Å²) < 4.78 is 30.5. The summed E-state index contributed by atoms with van der Waals surface area (Å²) in [6, 6.07) is 7.54. The average Bonchev–Trinajstić information content (AvgIpc) is 2.57. The highest BCUT2D eigenvalue weighted by Gasteiger charge is 2.27. The summed E-state index contributed by atoms with van der Waals surface area (Å²) in [6.07, 6.45) is 0. The first-order valence-electron chi connectivity index (χ1n) is 5.03. The molecule has 96 valence electrons. The number of nitrogens with two attached hydrogens (primary N) is 1. The minimum absolute atomic E-state index is 0.0406. The van der Waals surface area contributed by atoms with Crippen LogP contribution in [0.15, 0.2) is 30.3 Å². The Morgan fingerprint density at radius 3 is 2.39 bits per heavy atom. The van der Waals surface area contributed by atoms with Crippen molar-refractivity contribution in [3.63, 3.8) is 0 Å². The zero-order chi connectivity index (χ0) is 13.3. The summed E-state index contributed by atoms with van der Waals surface area (Å²) in [5.74, 6) is 0.421. The molecule has 0 unspecified atom stereocenters. The van der Waals surface area contributed by atoms with Crippen molar-refractivity contribution in [2.45, 2.75) is 12.5 Å². The van der Waals surface area contributed by atoms with Crippen LogP contribution in [-0.2, 0) is 0 Å². The molecule has 0 saturated carbocycles. The maximum Gasteiger partial charge on any atom is 0.487 e. The zero-order valence-corrected chi connectivity index (χ0v) is 10.2. The molecule has 1 heterocycles. The molecule has 0 saturated heterocycles. The van der Waals surface area contributed by atoms with Crippen molar-refractivity contribution in [1.82, 2.24) is 9.78 Å². The number of ether oxygens (including phenoxy) is 1. The highest BCUT2D eigenvalue weighted by atomic mass is 35.5. The quantitative estimate of drug-likeness (QED) is 0.875. The Balaban J connectivity index is 2.25. The topological polar surface area (TPSA) is 53.1 Å². The molecule has 2 N–H and O–H groups in total. The standard InChI is InChI=1S/C11H10ClF2N3O/c1-7-6-10(15)17(16-7)8-2-4-9(5-3-8)18-11(12,13)14/h2-6H,15H2,1H3. The van der Waals surface area contributed by atoms with Crippen LogP contribution in [0.4, 0.5) is 14.6 Å². The third kappa shape index (κ3) is 2.89. The lowest BCUT2D eigenvalue weighted by atomic mass is 10.3. The van der Waals surface area contributed by atoms with Gasteiger partial charge in [0, 0.05) is 17.7 Å². The summed E-state index contributed by atoms with van der Waals surface area (Å²) >= 11 is 4.66. The van der Waals surface area contributed by atoms with Gasteiger partial charge in [-0.1, -0.05) is 0 Å². The van der Waals surface area contributed by atoms with E-state index in [9.17, 15) is 8.78 Å². The summed E-state index contributed by atoms with van der Waals surface area (Å²) in [5, 5.41) is 4.16. The minimum Gasteiger partial charge on any atom is -0.420 e. The molecule has 1 aromatic heterocycles. The first-order chi connectivity index (χ1) is 8.35. The van der Waals surface area contributed by atoms with E-state index in [-0.39, 0.29) is 5.75 Å². The summed E-state index contributed by atoms with van der Waals surface area (Å²) in [5.41, 5.74) is 3.43. The molecule has 0 fully saturated rings. The molecule has 1 aromatic carbocycles. The van der Waals surface area contributed by atoms with Crippen molar-refractivity contribution in [2.24, 2.45) is 0 Å². The first kappa shape index (κ1) is 12.6. The maximum absolute atomic E-state index is 12.4. The van der Waals surface area contributed by atoms with Gasteiger partial charge < -0.3 is 10.5 Å². The number of aryl methyl sites for hydroxylation is 1. The van der Waals surface area contributed by atoms with Crippen molar-refractivity contribution in [3.8, 4) is 11.4 Å². The van der Waals surface area contributed by atoms with Crippen LogP contribution < -0.4 is 10.5 Å². The van der Waals surface area contributed by atoms with Gasteiger partial charge in [-0.15, -0.1) is 8.78 Å². The summed E-state index contributed by atoms with van der Waals surface area (Å²) in [7, 11) is 0. The Kier molecular flexibility index (Phi) is 3.13. The van der Waals surface area contributed by atoms with Crippen molar-refractivity contribution in [3.05, 3.63) is 36.0 Å². The molecule has 0 amide bonds. The fraction of sp³-hybridized carbons (Fsp3) is 0.182. The Hall–Kier alpha value is -1.82. The van der Waals surface area contributed by atoms with Gasteiger partial charge in [0.25, 0.3) is 0 Å². The van der Waals surface area contributed by atoms with Gasteiger partial charge in [0.05, 0.1) is 11.4 Å². The van der Waals surface area contributed by atoms with Gasteiger partial charge in [0.2, 0.25) is 0 Å². The smallest absolute Gasteiger partial charge is 0.420 e. The maximum atomic E-state index is 12.4. The fourth-order valence-corrected chi connectivity index (χ4v) is 1.60. The Labute approximate surface area is 107 Å². The number of rotatable bonds is 3. The second kappa shape index (κ2) is 4.45. The minimum atomic E-state index is -3.72. The lowest BCUT2D eigenvalue weighted by Crippen LogP contribution is -2.15. The van der Waals surface area contributed by atoms with Gasteiger partial charge in [0.1, 0.15) is 11.6 Å². The van der Waals surface area contributed by atoms with Gasteiger partial charge in [0.15, 0.2) is 0 Å². The molecule has 0 atom stereocenters. The molecule has 2 aromatic rings. The Morgan fingerprint density at radius 1 is 1.33 bits per heavy atom. The van der Waals surface area contributed by atoms with Gasteiger partial charge in [-0.3, -0.25) is 0 Å². The van der Waals surface area contributed by atoms with Crippen LogP contribution in [0.2, 0.25) is 0 Å². The number of benzene rings is 1. The predicted molar refractivity (Wildman–Crippen MR) is 64.1 cm³/mol. The van der Waals surface area contributed by atoms with Crippen LogP contribution in [0, 0.1) is 6.92 Å². The number of alkyl halides is 3. The molecule has 0 aliphatic rings. The zero-order valence-electron chi connectivity index (χ0n) is 9.40. The fourth-order valence-electron chi connectivity index (χ4n) is 1.52. The van der Waals surface area contributed by atoms with Crippen LogP contribution >= 0.6 is 11.6 Å². The molecule has 0 aliphatic carbocycles. The third-order valence-corrected chi connectivity index (χ3v) is 2.25. The normalized spacial score (nSPS) is 11.6. The van der Waals surface area contributed by atoms with Crippen LogP contribution in [0.25, 0.3) is 5.69 Å². The number of nitrogens with zero attached hydrogens (tertiary/aromatic N) is 2. The number of hydrogen-bond donors (Lipinski definition) is 1. The average molecular weight is 274 g/mol. The van der Waals surface area contributed by atoms with E-state index < -0.39 is 5.57 Å². The summed E-state index contributed by atoms with van der Waals surface area (Å²) in [6.45, 7) is 1.80. The highest BCUT2D eigenvalue weighted by Crippen LogP contribution is 2.26. The molecule has 0 bridgehead atoms. The largest absolute Gasteiger partial charge is 0.487 e. The van der Waals surface area contributed by atoms with Crippen molar-refractivity contribution < 1.29 is 13.5 Å². The van der Waals surface area contributed by atoms with Crippen LogP contribution in [0.1, 0.15) is 5.69 Å². The Bertz CT molecular complexity index is 548. The van der Waals surface area contributed by atoms with E-state index in [2.05, 4.69) is 21.4 Å². The molecular weight excluding hydrogens is 264 g/mol. The van der Waals surface area contributed by atoms with Crippen LogP contribution in [0.5, 0.6) is 5.75 Å². The van der Waals surface area contributed by atoms with E-state index in [1.54, 1.807) is 25.1 Å². The molecule has 7 heteroatoms. The van der Waals surface area contributed by atoms with Crippen molar-refractivity contribution >= 4 is 17.4 Å². The lowest BCUT2D eigenvalue weighted by Gasteiger charge is -2.11. The van der Waals surface area contributed by atoms with E-state index in [1.807, 2.05) is 0 Å². The highest BCUT2D eigenvalue weighted by molar-refractivity contribution is 6.20. The van der Waals surface area contributed by atoms with E-state index in [0.29, 0.717) is 11.5 Å². The second-order valence-electron chi connectivity index (χ2n) is 3.66. The van der Waals surface area contributed by atoms with Gasteiger partial charge in [-0.05, 0) is 31.2 Å². The molecule has 18 heavy (non-hydrogen) atoms. The SMILES string of the molecule is Cc1cc(N)n(-c2ccc(OC(F)(F)Cl)cc2)n1. The number of anilines is 1. The second-order valence-corrected chi connectivity index (χ2v) is 4.10. The van der Waals surface area contributed by atoms with Gasteiger partial charge in [-0.25, -0.2) is 4.68 Å². The summed E-state index contributed by atoms with van der Waals surface area (Å²) in [4.78, 5) is 0.